The lowest BCUT2D eigenvalue weighted by molar-refractivity contribution is -0.133. The van der Waals surface area contributed by atoms with Crippen molar-refractivity contribution < 1.29 is 9.59 Å². The van der Waals surface area contributed by atoms with Crippen LogP contribution in [0.25, 0.3) is 33.2 Å². The van der Waals surface area contributed by atoms with Gasteiger partial charge in [0.1, 0.15) is 11.6 Å². The van der Waals surface area contributed by atoms with Crippen LogP contribution >= 0.6 is 0 Å². The first kappa shape index (κ1) is 24.1. The number of hydrogen-bond donors (Lipinski definition) is 2. The summed E-state index contributed by atoms with van der Waals surface area (Å²) in [6.07, 6.45) is 10.2. The lowest BCUT2D eigenvalue weighted by Crippen LogP contribution is -2.31. The molecule has 2 aliphatic heterocycles. The highest BCUT2D eigenvalue weighted by atomic mass is 16.2. The van der Waals surface area contributed by atoms with E-state index in [1.165, 1.54) is 25.7 Å². The molecule has 0 unspecified atom stereocenters. The zero-order valence-electron chi connectivity index (χ0n) is 22.9. The monoisotopic (exact) mass is 536 g/mol. The first-order valence-corrected chi connectivity index (χ1v) is 15.2. The van der Waals surface area contributed by atoms with E-state index in [1.807, 2.05) is 9.80 Å². The molecule has 4 aliphatic rings. The van der Waals surface area contributed by atoms with Crippen LogP contribution in [0.1, 0.15) is 87.9 Å². The van der Waals surface area contributed by atoms with Crippen molar-refractivity contribution in [1.29, 1.82) is 0 Å². The second kappa shape index (κ2) is 9.46. The molecule has 4 fully saturated rings. The van der Waals surface area contributed by atoms with E-state index < -0.39 is 0 Å². The fraction of sp³-hybridized carbons (Fsp3) is 0.500. The Kier molecular flexibility index (Phi) is 5.71. The molecule has 2 aromatic heterocycles. The Labute approximate surface area is 233 Å². The quantitative estimate of drug-likeness (QED) is 0.301. The van der Waals surface area contributed by atoms with Gasteiger partial charge in [0.05, 0.1) is 34.2 Å². The highest BCUT2D eigenvalue weighted by molar-refractivity contribution is 5.87. The summed E-state index contributed by atoms with van der Waals surface area (Å²) in [7, 11) is 0. The zero-order valence-corrected chi connectivity index (χ0v) is 22.9. The fourth-order valence-electron chi connectivity index (χ4n) is 6.80. The molecule has 2 saturated carbocycles. The minimum absolute atomic E-state index is 0.0484. The van der Waals surface area contributed by atoms with E-state index in [0.717, 1.165) is 83.6 Å². The molecule has 8 heteroatoms. The number of rotatable bonds is 7. The lowest BCUT2D eigenvalue weighted by atomic mass is 10.0. The Morgan fingerprint density at radius 2 is 1.12 bits per heavy atom. The standard InChI is InChI=1S/C32H36N6O2/c39-29(15-19-5-6-19)37-13-1-3-27(37)31-33-23-11-9-21(17-25(23)35-31)22-10-12-24-26(18-22)36-32(34-24)28-4-2-14-38(28)30(40)16-20-7-8-20/h9-12,17-20,27-28H,1-8,13-16H2,(H,33,35)(H,34,36)/t27-,28-/m0/s1. The fourth-order valence-corrected chi connectivity index (χ4v) is 6.80. The van der Waals surface area contributed by atoms with E-state index in [0.29, 0.717) is 24.7 Å². The number of benzene rings is 2. The number of amides is 2. The molecular formula is C32H36N6O2. The maximum atomic E-state index is 12.9. The highest BCUT2D eigenvalue weighted by Gasteiger charge is 2.36. The third-order valence-electron chi connectivity index (χ3n) is 9.43. The van der Waals surface area contributed by atoms with Gasteiger partial charge in [0.2, 0.25) is 11.8 Å². The van der Waals surface area contributed by atoms with Gasteiger partial charge in [-0.25, -0.2) is 9.97 Å². The molecule has 2 aromatic carbocycles. The van der Waals surface area contributed by atoms with E-state index in [-0.39, 0.29) is 23.9 Å². The average molecular weight is 537 g/mol. The molecule has 2 atom stereocenters. The molecule has 0 radical (unpaired) electrons. The minimum Gasteiger partial charge on any atom is -0.340 e. The molecular weight excluding hydrogens is 500 g/mol. The van der Waals surface area contributed by atoms with Crippen LogP contribution in [0.2, 0.25) is 0 Å². The van der Waals surface area contributed by atoms with Crippen LogP contribution in [0.5, 0.6) is 0 Å². The predicted molar refractivity (Wildman–Crippen MR) is 153 cm³/mol. The van der Waals surface area contributed by atoms with Crippen molar-refractivity contribution in [3.05, 3.63) is 48.0 Å². The van der Waals surface area contributed by atoms with E-state index in [2.05, 4.69) is 46.4 Å². The normalized spacial score (nSPS) is 23.1. The Morgan fingerprint density at radius 1 is 0.675 bits per heavy atom. The number of aromatic nitrogens is 4. The number of carbonyl (C=O) groups excluding carboxylic acids is 2. The van der Waals surface area contributed by atoms with Gasteiger partial charge in [-0.05, 0) is 98.6 Å². The number of imidazole rings is 2. The molecule has 0 spiro atoms. The number of nitrogens with zero attached hydrogens (tertiary/aromatic N) is 4. The van der Waals surface area contributed by atoms with E-state index in [9.17, 15) is 9.59 Å². The Bertz CT molecular complexity index is 1490. The summed E-state index contributed by atoms with van der Waals surface area (Å²) in [6, 6.07) is 12.8. The lowest BCUT2D eigenvalue weighted by Gasteiger charge is -2.23. The Morgan fingerprint density at radius 3 is 1.55 bits per heavy atom. The first-order chi connectivity index (χ1) is 19.6. The smallest absolute Gasteiger partial charge is 0.223 e. The van der Waals surface area contributed by atoms with Crippen molar-refractivity contribution >= 4 is 33.9 Å². The molecule has 8 rings (SSSR count). The van der Waals surface area contributed by atoms with Crippen LogP contribution in [0, 0.1) is 11.8 Å². The third-order valence-corrected chi connectivity index (χ3v) is 9.43. The summed E-state index contributed by atoms with van der Waals surface area (Å²) in [5, 5.41) is 0. The van der Waals surface area contributed by atoms with Crippen molar-refractivity contribution in [2.45, 2.75) is 76.3 Å². The van der Waals surface area contributed by atoms with Gasteiger partial charge in [0, 0.05) is 25.9 Å². The van der Waals surface area contributed by atoms with E-state index in [4.69, 9.17) is 9.97 Å². The largest absolute Gasteiger partial charge is 0.340 e. The van der Waals surface area contributed by atoms with Crippen molar-refractivity contribution in [1.82, 2.24) is 29.7 Å². The second-order valence-corrected chi connectivity index (χ2v) is 12.5. The van der Waals surface area contributed by atoms with Crippen LogP contribution in [-0.4, -0.2) is 54.6 Å². The molecule has 2 aliphatic carbocycles. The topological polar surface area (TPSA) is 98.0 Å². The van der Waals surface area contributed by atoms with Gasteiger partial charge in [0.25, 0.3) is 0 Å². The Balaban J connectivity index is 1.04. The van der Waals surface area contributed by atoms with E-state index in [1.54, 1.807) is 0 Å². The molecule has 0 bridgehead atoms. The number of nitrogens with one attached hydrogen (secondary N) is 2. The number of hydrogen-bond acceptors (Lipinski definition) is 4. The van der Waals surface area contributed by atoms with Gasteiger partial charge in [0.15, 0.2) is 0 Å². The van der Waals surface area contributed by atoms with Crippen LogP contribution in [-0.2, 0) is 9.59 Å². The van der Waals surface area contributed by atoms with Crippen LogP contribution in [0.15, 0.2) is 36.4 Å². The predicted octanol–water partition coefficient (Wildman–Crippen LogP) is 6.03. The summed E-state index contributed by atoms with van der Waals surface area (Å²) >= 11 is 0. The number of H-pyrrole nitrogens is 2. The number of aromatic amines is 2. The summed E-state index contributed by atoms with van der Waals surface area (Å²) in [4.78, 5) is 46.8. The molecule has 2 saturated heterocycles. The van der Waals surface area contributed by atoms with Crippen LogP contribution in [0.4, 0.5) is 0 Å². The average Bonchev–Trinajstić information content (AvgIpc) is 3.67. The highest BCUT2D eigenvalue weighted by Crippen LogP contribution is 2.39. The van der Waals surface area contributed by atoms with Crippen LogP contribution in [0.3, 0.4) is 0 Å². The number of fused-ring (bicyclic) bond motifs is 2. The van der Waals surface area contributed by atoms with Gasteiger partial charge < -0.3 is 19.8 Å². The maximum Gasteiger partial charge on any atom is 0.223 e. The van der Waals surface area contributed by atoms with Gasteiger partial charge in [-0.2, -0.15) is 0 Å². The third kappa shape index (κ3) is 4.47. The number of carbonyl (C=O) groups is 2. The molecule has 8 nitrogen and oxygen atoms in total. The van der Waals surface area contributed by atoms with E-state index >= 15 is 0 Å². The zero-order chi connectivity index (χ0) is 26.8. The molecule has 206 valence electrons. The van der Waals surface area contributed by atoms with Crippen molar-refractivity contribution in [3.63, 3.8) is 0 Å². The van der Waals surface area contributed by atoms with Gasteiger partial charge >= 0.3 is 0 Å². The number of likely N-dealkylation sites (tertiary alicyclic amines) is 2. The second-order valence-electron chi connectivity index (χ2n) is 12.5. The van der Waals surface area contributed by atoms with Crippen molar-refractivity contribution in [2.75, 3.05) is 13.1 Å². The summed E-state index contributed by atoms with van der Waals surface area (Å²) < 4.78 is 0. The Hall–Kier alpha value is -3.68. The first-order valence-electron chi connectivity index (χ1n) is 15.2. The molecule has 2 N–H and O–H groups in total. The molecule has 2 amide bonds. The van der Waals surface area contributed by atoms with Crippen LogP contribution < -0.4 is 0 Å². The summed E-state index contributed by atoms with van der Waals surface area (Å²) in [5.41, 5.74) is 6.03. The minimum atomic E-state index is 0.0484. The van der Waals surface area contributed by atoms with Gasteiger partial charge in [-0.15, -0.1) is 0 Å². The molecule has 40 heavy (non-hydrogen) atoms. The van der Waals surface area contributed by atoms with Gasteiger partial charge in [-0.1, -0.05) is 12.1 Å². The van der Waals surface area contributed by atoms with Crippen molar-refractivity contribution in [3.8, 4) is 11.1 Å². The summed E-state index contributed by atoms with van der Waals surface area (Å²) in [5.74, 6) is 3.57. The SMILES string of the molecule is O=C(CC1CC1)N1CCC[C@H]1c1nc2cc(-c3ccc4[nH]c([C@@H]5CCCN5C(=O)CC5CC5)nc4c3)ccc2[nH]1. The molecule has 4 heterocycles. The maximum absolute atomic E-state index is 12.9. The molecule has 4 aromatic rings. The van der Waals surface area contributed by atoms with Crippen molar-refractivity contribution in [2.24, 2.45) is 11.8 Å². The van der Waals surface area contributed by atoms with Gasteiger partial charge in [-0.3, -0.25) is 9.59 Å². The summed E-state index contributed by atoms with van der Waals surface area (Å²) in [6.45, 7) is 1.66.